The smallest absolute Gasteiger partial charge is 0.128 e. The van der Waals surface area contributed by atoms with E-state index in [0.717, 1.165) is 16.9 Å². The second-order valence-electron chi connectivity index (χ2n) is 4.07. The number of aryl methyl sites for hydroxylation is 1. The van der Waals surface area contributed by atoms with Gasteiger partial charge in [0.25, 0.3) is 0 Å². The maximum absolute atomic E-state index is 13.3. The number of nitrogens with one attached hydrogen (secondary N) is 1. The predicted molar refractivity (Wildman–Crippen MR) is 67.4 cm³/mol. The molecule has 88 valence electrons. The van der Waals surface area contributed by atoms with Crippen molar-refractivity contribution in [3.05, 3.63) is 59.2 Å². The number of hydrogen-bond acceptors (Lipinski definition) is 2. The van der Waals surface area contributed by atoms with E-state index in [-0.39, 0.29) is 5.82 Å². The van der Waals surface area contributed by atoms with E-state index in [1.165, 1.54) is 6.07 Å². The predicted octanol–water partition coefficient (Wildman–Crippen LogP) is 3.45. The van der Waals surface area contributed by atoms with E-state index < -0.39 is 0 Å². The Morgan fingerprint density at radius 1 is 1.18 bits per heavy atom. The van der Waals surface area contributed by atoms with Gasteiger partial charge in [-0.15, -0.1) is 0 Å². The molecule has 0 unspecified atom stereocenters. The molecular formula is C14H15FN2. The van der Waals surface area contributed by atoms with Crippen molar-refractivity contribution < 1.29 is 4.39 Å². The molecule has 0 spiro atoms. The first-order valence-corrected chi connectivity index (χ1v) is 5.57. The summed E-state index contributed by atoms with van der Waals surface area (Å²) in [4.78, 5) is 4.22. The molecule has 0 saturated carbocycles. The number of anilines is 1. The lowest BCUT2D eigenvalue weighted by Gasteiger charge is -2.09. The van der Waals surface area contributed by atoms with Crippen LogP contribution in [0, 0.1) is 19.7 Å². The van der Waals surface area contributed by atoms with Gasteiger partial charge in [0.05, 0.1) is 0 Å². The molecule has 0 aliphatic carbocycles. The number of hydrogen-bond donors (Lipinski definition) is 1. The van der Waals surface area contributed by atoms with Gasteiger partial charge in [0.2, 0.25) is 0 Å². The summed E-state index contributed by atoms with van der Waals surface area (Å²) in [6, 6.07) is 9.03. The third-order valence-corrected chi connectivity index (χ3v) is 2.72. The highest BCUT2D eigenvalue weighted by atomic mass is 19.1. The Bertz CT molecular complexity index is 506. The van der Waals surface area contributed by atoms with Crippen LogP contribution in [0.15, 0.2) is 36.5 Å². The normalized spacial score (nSPS) is 10.3. The van der Waals surface area contributed by atoms with E-state index in [0.29, 0.717) is 12.1 Å². The van der Waals surface area contributed by atoms with Gasteiger partial charge in [0.15, 0.2) is 0 Å². The quantitative estimate of drug-likeness (QED) is 0.873. The second kappa shape index (κ2) is 4.95. The third kappa shape index (κ3) is 2.81. The van der Waals surface area contributed by atoms with Crippen molar-refractivity contribution in [3.63, 3.8) is 0 Å². The summed E-state index contributed by atoms with van der Waals surface area (Å²) in [5.74, 6) is -0.183. The van der Waals surface area contributed by atoms with Gasteiger partial charge in [-0.25, -0.2) is 4.39 Å². The SMILES string of the molecule is Cc1ccc(CNc2cccc(F)c2C)cn1. The van der Waals surface area contributed by atoms with E-state index in [1.54, 1.807) is 13.0 Å². The van der Waals surface area contributed by atoms with Crippen molar-refractivity contribution in [1.29, 1.82) is 0 Å². The summed E-state index contributed by atoms with van der Waals surface area (Å²) in [5, 5.41) is 3.21. The van der Waals surface area contributed by atoms with Crippen molar-refractivity contribution >= 4 is 5.69 Å². The first-order chi connectivity index (χ1) is 8.16. The maximum Gasteiger partial charge on any atom is 0.128 e. The molecule has 2 rings (SSSR count). The van der Waals surface area contributed by atoms with Crippen molar-refractivity contribution in [3.8, 4) is 0 Å². The van der Waals surface area contributed by atoms with Gasteiger partial charge < -0.3 is 5.32 Å². The lowest BCUT2D eigenvalue weighted by atomic mass is 10.2. The Labute approximate surface area is 101 Å². The Morgan fingerprint density at radius 3 is 2.71 bits per heavy atom. The van der Waals surface area contributed by atoms with Gasteiger partial charge in [-0.05, 0) is 37.6 Å². The largest absolute Gasteiger partial charge is 0.381 e. The zero-order chi connectivity index (χ0) is 12.3. The lowest BCUT2D eigenvalue weighted by Crippen LogP contribution is -2.02. The van der Waals surface area contributed by atoms with Gasteiger partial charge in [0, 0.05) is 29.7 Å². The van der Waals surface area contributed by atoms with Crippen LogP contribution in [0.25, 0.3) is 0 Å². The maximum atomic E-state index is 13.3. The molecule has 1 aromatic heterocycles. The highest BCUT2D eigenvalue weighted by Crippen LogP contribution is 2.18. The first kappa shape index (κ1) is 11.6. The Hall–Kier alpha value is -1.90. The van der Waals surface area contributed by atoms with Gasteiger partial charge in [-0.3, -0.25) is 4.98 Å². The molecule has 0 saturated heterocycles. The molecule has 1 N–H and O–H groups in total. The number of nitrogens with zero attached hydrogens (tertiary/aromatic N) is 1. The molecule has 0 aliphatic rings. The van der Waals surface area contributed by atoms with Crippen LogP contribution >= 0.6 is 0 Å². The summed E-state index contributed by atoms with van der Waals surface area (Å²) in [5.41, 5.74) is 3.55. The summed E-state index contributed by atoms with van der Waals surface area (Å²) in [6.07, 6.45) is 1.83. The van der Waals surface area contributed by atoms with Crippen molar-refractivity contribution in [1.82, 2.24) is 4.98 Å². The van der Waals surface area contributed by atoms with Gasteiger partial charge in [-0.1, -0.05) is 12.1 Å². The van der Waals surface area contributed by atoms with Crippen LogP contribution in [-0.4, -0.2) is 4.98 Å². The zero-order valence-corrected chi connectivity index (χ0v) is 10.00. The van der Waals surface area contributed by atoms with Crippen LogP contribution in [0.5, 0.6) is 0 Å². The lowest BCUT2D eigenvalue weighted by molar-refractivity contribution is 0.619. The van der Waals surface area contributed by atoms with Gasteiger partial charge in [-0.2, -0.15) is 0 Å². The minimum atomic E-state index is -0.183. The van der Waals surface area contributed by atoms with Gasteiger partial charge in [0.1, 0.15) is 5.82 Å². The fourth-order valence-corrected chi connectivity index (χ4v) is 1.60. The summed E-state index contributed by atoms with van der Waals surface area (Å²) >= 11 is 0. The molecule has 1 heterocycles. The first-order valence-electron chi connectivity index (χ1n) is 5.57. The average molecular weight is 230 g/mol. The summed E-state index contributed by atoms with van der Waals surface area (Å²) < 4.78 is 13.3. The van der Waals surface area contributed by atoms with Crippen molar-refractivity contribution in [2.75, 3.05) is 5.32 Å². The molecule has 0 bridgehead atoms. The molecule has 1 aromatic carbocycles. The fourth-order valence-electron chi connectivity index (χ4n) is 1.60. The molecule has 3 heteroatoms. The average Bonchev–Trinajstić information content (AvgIpc) is 2.33. The molecule has 0 radical (unpaired) electrons. The van der Waals surface area contributed by atoms with Crippen LogP contribution in [0.2, 0.25) is 0 Å². The molecule has 0 atom stereocenters. The number of halogens is 1. The number of pyridine rings is 1. The molecule has 2 nitrogen and oxygen atoms in total. The van der Waals surface area contributed by atoms with E-state index in [2.05, 4.69) is 10.3 Å². The molecule has 0 amide bonds. The van der Waals surface area contributed by atoms with Gasteiger partial charge >= 0.3 is 0 Å². The van der Waals surface area contributed by atoms with Crippen molar-refractivity contribution in [2.24, 2.45) is 0 Å². The van der Waals surface area contributed by atoms with Crippen molar-refractivity contribution in [2.45, 2.75) is 20.4 Å². The van der Waals surface area contributed by atoms with E-state index in [4.69, 9.17) is 0 Å². The minimum absolute atomic E-state index is 0.183. The fraction of sp³-hybridized carbons (Fsp3) is 0.214. The molecule has 0 aliphatic heterocycles. The Kier molecular flexibility index (Phi) is 3.38. The van der Waals surface area contributed by atoms with Crippen LogP contribution < -0.4 is 5.32 Å². The second-order valence-corrected chi connectivity index (χ2v) is 4.07. The zero-order valence-electron chi connectivity index (χ0n) is 10.00. The monoisotopic (exact) mass is 230 g/mol. The highest BCUT2D eigenvalue weighted by Gasteiger charge is 2.02. The number of benzene rings is 1. The minimum Gasteiger partial charge on any atom is -0.381 e. The van der Waals surface area contributed by atoms with Crippen LogP contribution in [0.1, 0.15) is 16.8 Å². The Morgan fingerprint density at radius 2 is 2.00 bits per heavy atom. The topological polar surface area (TPSA) is 24.9 Å². The number of rotatable bonds is 3. The molecule has 0 fully saturated rings. The highest BCUT2D eigenvalue weighted by molar-refractivity contribution is 5.51. The van der Waals surface area contributed by atoms with E-state index >= 15 is 0 Å². The Balaban J connectivity index is 2.07. The third-order valence-electron chi connectivity index (χ3n) is 2.72. The van der Waals surface area contributed by atoms with Crippen LogP contribution in [-0.2, 0) is 6.54 Å². The standard InChI is InChI=1S/C14H15FN2/c1-10-6-7-12(8-16-10)9-17-14-5-3-4-13(15)11(14)2/h3-8,17H,9H2,1-2H3. The summed E-state index contributed by atoms with van der Waals surface area (Å²) in [7, 11) is 0. The van der Waals surface area contributed by atoms with E-state index in [9.17, 15) is 4.39 Å². The molecular weight excluding hydrogens is 215 g/mol. The van der Waals surface area contributed by atoms with Crippen LogP contribution in [0.4, 0.5) is 10.1 Å². The van der Waals surface area contributed by atoms with Crippen LogP contribution in [0.3, 0.4) is 0 Å². The molecule has 17 heavy (non-hydrogen) atoms. The molecule has 2 aromatic rings. The number of aromatic nitrogens is 1. The summed E-state index contributed by atoms with van der Waals surface area (Å²) in [6.45, 7) is 4.37. The van der Waals surface area contributed by atoms with E-state index in [1.807, 2.05) is 31.3 Å².